The maximum absolute atomic E-state index is 5.72. The van der Waals surface area contributed by atoms with Gasteiger partial charge in [-0.2, -0.15) is 0 Å². The van der Waals surface area contributed by atoms with Crippen molar-refractivity contribution >= 4 is 65.2 Å². The highest BCUT2D eigenvalue weighted by molar-refractivity contribution is 6.26. The van der Waals surface area contributed by atoms with Crippen LogP contribution in [0, 0.1) is 0 Å². The van der Waals surface area contributed by atoms with Gasteiger partial charge in [-0.05, 0) is 150 Å². The number of fused-ring (bicyclic) bond motifs is 12. The second-order valence-corrected chi connectivity index (χ2v) is 29.8. The van der Waals surface area contributed by atoms with Crippen LogP contribution in [0.3, 0.4) is 0 Å². The van der Waals surface area contributed by atoms with Gasteiger partial charge in [0.1, 0.15) is 11.6 Å². The molecule has 0 saturated carbocycles. The summed E-state index contributed by atoms with van der Waals surface area (Å²) in [6.45, 7) is 0. The largest absolute Gasteiger partial charge is 0.292 e. The predicted octanol–water partition coefficient (Wildman–Crippen LogP) is 27.0. The number of aromatic nitrogens is 10. The van der Waals surface area contributed by atoms with Gasteiger partial charge in [0.25, 0.3) is 0 Å². The van der Waals surface area contributed by atoms with Crippen LogP contribution in [0.2, 0.25) is 0 Å². The van der Waals surface area contributed by atoms with Gasteiger partial charge in [0, 0.05) is 77.4 Å². The van der Waals surface area contributed by atoms with Crippen LogP contribution in [-0.4, -0.2) is 49.0 Å². The number of hydrogen-bond acceptors (Lipinski definition) is 8. The molecule has 18 aromatic carbocycles. The Morgan fingerprint density at radius 2 is 0.364 bits per heavy atom. The highest BCUT2D eigenvalue weighted by Crippen LogP contribution is 2.44. The summed E-state index contributed by atoms with van der Waals surface area (Å²) in [4.78, 5) is 42.8. The van der Waals surface area contributed by atoms with E-state index in [-0.39, 0.29) is 0 Å². The molecule has 550 valence electrons. The standard InChI is InChI=1S/C108H68N10/c1-6-25-69(26-7-1)72-47-51-74(52-48-72)101-111-102(113-103(112-101)76-55-60-87(61-56-76)117-99-94-45-20-17-42-90(94)89-41-16-19-44-93(89)97(99)109-107(117)78-31-12-4-13-32-78)75-53-49-73(50-54-75)80-35-22-38-83(65-80)84-59-64-92-91-43-18-21-46-95(91)100-98(96(92)68-84)110-108(79-33-14-5-15-34-79)118(100)88-62-57-77(58-63-88)104-114-105(85-39-23-36-81(66-85)70-27-8-2-9-28-70)116-106(115-104)86-40-24-37-82(67-86)71-29-10-3-11-30-71/h1-68H. The molecule has 22 aromatic rings. The summed E-state index contributed by atoms with van der Waals surface area (Å²) >= 11 is 0. The molecule has 0 bridgehead atoms. The summed E-state index contributed by atoms with van der Waals surface area (Å²) in [5, 5.41) is 9.01. The first-order valence-corrected chi connectivity index (χ1v) is 39.7. The van der Waals surface area contributed by atoms with E-state index in [0.29, 0.717) is 34.9 Å². The van der Waals surface area contributed by atoms with Crippen LogP contribution >= 0.6 is 0 Å². The lowest BCUT2D eigenvalue weighted by atomic mass is 9.94. The highest BCUT2D eigenvalue weighted by Gasteiger charge is 2.25. The van der Waals surface area contributed by atoms with Gasteiger partial charge in [-0.25, -0.2) is 39.9 Å². The zero-order valence-electron chi connectivity index (χ0n) is 63.7. The summed E-state index contributed by atoms with van der Waals surface area (Å²) in [5.74, 6) is 5.14. The van der Waals surface area contributed by atoms with E-state index in [4.69, 9.17) is 39.9 Å². The van der Waals surface area contributed by atoms with Gasteiger partial charge in [-0.3, -0.25) is 9.13 Å². The van der Waals surface area contributed by atoms with Crippen LogP contribution in [0.5, 0.6) is 0 Å². The Balaban J connectivity index is 0.617. The number of imidazole rings is 2. The van der Waals surface area contributed by atoms with E-state index < -0.39 is 0 Å². The third-order valence-corrected chi connectivity index (χ3v) is 22.6. The number of rotatable bonds is 15. The fourth-order valence-electron chi connectivity index (χ4n) is 16.8. The first-order chi connectivity index (χ1) is 58.5. The van der Waals surface area contributed by atoms with Crippen LogP contribution in [0.25, 0.3) is 223 Å². The van der Waals surface area contributed by atoms with E-state index in [2.05, 4.69) is 397 Å². The van der Waals surface area contributed by atoms with Crippen molar-refractivity contribution in [2.45, 2.75) is 0 Å². The molecule has 0 spiro atoms. The summed E-state index contributed by atoms with van der Waals surface area (Å²) in [6, 6.07) is 145. The van der Waals surface area contributed by atoms with Crippen molar-refractivity contribution in [2.75, 3.05) is 0 Å². The molecule has 4 heterocycles. The van der Waals surface area contributed by atoms with Crippen molar-refractivity contribution < 1.29 is 0 Å². The van der Waals surface area contributed by atoms with Gasteiger partial charge in [0.2, 0.25) is 0 Å². The van der Waals surface area contributed by atoms with Gasteiger partial charge < -0.3 is 0 Å². The Kier molecular flexibility index (Phi) is 17.0. The normalized spacial score (nSPS) is 11.6. The minimum Gasteiger partial charge on any atom is -0.292 e. The molecule has 0 amide bonds. The average molecular weight is 1510 g/mol. The summed E-state index contributed by atoms with van der Waals surface area (Å²) in [7, 11) is 0. The van der Waals surface area contributed by atoms with Crippen LogP contribution in [-0.2, 0) is 0 Å². The molecule has 0 fully saturated rings. The maximum atomic E-state index is 5.72. The second-order valence-electron chi connectivity index (χ2n) is 29.8. The second kappa shape index (κ2) is 29.2. The Hall–Kier alpha value is -16.0. The Bertz CT molecular complexity index is 7500. The van der Waals surface area contributed by atoms with Crippen LogP contribution in [0.1, 0.15) is 0 Å². The lowest BCUT2D eigenvalue weighted by molar-refractivity contribution is 1.07. The Labute approximate surface area is 680 Å². The predicted molar refractivity (Wildman–Crippen MR) is 483 cm³/mol. The van der Waals surface area contributed by atoms with Crippen LogP contribution in [0.15, 0.2) is 413 Å². The lowest BCUT2D eigenvalue weighted by Gasteiger charge is -2.14. The Morgan fingerprint density at radius 1 is 0.136 bits per heavy atom. The van der Waals surface area contributed by atoms with Gasteiger partial charge in [0.15, 0.2) is 34.9 Å². The van der Waals surface area contributed by atoms with Crippen molar-refractivity contribution in [1.29, 1.82) is 0 Å². The van der Waals surface area contributed by atoms with E-state index in [9.17, 15) is 0 Å². The van der Waals surface area contributed by atoms with E-state index in [1.165, 1.54) is 10.8 Å². The van der Waals surface area contributed by atoms with Gasteiger partial charge in [-0.1, -0.05) is 340 Å². The van der Waals surface area contributed by atoms with E-state index in [0.717, 1.165) is 178 Å². The molecule has 10 nitrogen and oxygen atoms in total. The topological polar surface area (TPSA) is 113 Å². The summed E-state index contributed by atoms with van der Waals surface area (Å²) < 4.78 is 4.64. The molecule has 0 radical (unpaired) electrons. The molecule has 0 aliphatic heterocycles. The number of nitrogens with zero attached hydrogens (tertiary/aromatic N) is 10. The van der Waals surface area contributed by atoms with Crippen molar-refractivity contribution in [2.24, 2.45) is 0 Å². The molecule has 4 aromatic heterocycles. The molecule has 0 atom stereocenters. The molecule has 0 unspecified atom stereocenters. The van der Waals surface area contributed by atoms with E-state index >= 15 is 0 Å². The first kappa shape index (κ1) is 68.7. The lowest BCUT2D eigenvalue weighted by Crippen LogP contribution is -2.01. The van der Waals surface area contributed by atoms with Gasteiger partial charge in [-0.15, -0.1) is 0 Å². The zero-order chi connectivity index (χ0) is 78.0. The molecule has 0 aliphatic rings. The van der Waals surface area contributed by atoms with Crippen LogP contribution < -0.4 is 0 Å². The third-order valence-electron chi connectivity index (χ3n) is 22.6. The molecule has 118 heavy (non-hydrogen) atoms. The maximum Gasteiger partial charge on any atom is 0.164 e. The molecule has 10 heteroatoms. The Morgan fingerprint density at radius 3 is 0.754 bits per heavy atom. The van der Waals surface area contributed by atoms with Crippen LogP contribution in [0.4, 0.5) is 0 Å². The average Bonchev–Trinajstić information content (AvgIpc) is 1.52. The third kappa shape index (κ3) is 12.5. The molecule has 0 N–H and O–H groups in total. The smallest absolute Gasteiger partial charge is 0.164 e. The molecular formula is C108H68N10. The monoisotopic (exact) mass is 1500 g/mol. The van der Waals surface area contributed by atoms with Crippen molar-refractivity contribution in [3.63, 3.8) is 0 Å². The van der Waals surface area contributed by atoms with E-state index in [1.54, 1.807) is 0 Å². The van der Waals surface area contributed by atoms with Crippen molar-refractivity contribution in [3.05, 3.63) is 413 Å². The fraction of sp³-hybridized carbons (Fsp3) is 0. The molecule has 0 saturated heterocycles. The zero-order valence-corrected chi connectivity index (χ0v) is 63.7. The minimum absolute atomic E-state index is 0.563. The summed E-state index contributed by atoms with van der Waals surface area (Å²) in [5.41, 5.74) is 24.0. The number of benzene rings is 18. The van der Waals surface area contributed by atoms with E-state index in [1.807, 2.05) is 24.3 Å². The molecule has 22 rings (SSSR count). The molecular weight excluding hydrogens is 1440 g/mol. The van der Waals surface area contributed by atoms with Crippen molar-refractivity contribution in [3.8, 4) is 158 Å². The SMILES string of the molecule is c1ccc(-c2ccc(-c3nc(-c4ccc(-c5cccc(-c6ccc7c8ccccc8c8c(nc(-c9ccccc9)n8-c8ccc(-c9nc(-c%10cccc(-c%11ccccc%11)c%10)nc(-c%10cccc(-c%11ccccc%11)c%10)n9)cc8)c7c6)c5)cc4)nc(-c4ccc(-n5c(-c6ccccc6)nc6c7ccccc7c7ccccc7c65)cc4)n3)cc2)cc1. The summed E-state index contributed by atoms with van der Waals surface area (Å²) in [6.07, 6.45) is 0. The van der Waals surface area contributed by atoms with Crippen molar-refractivity contribution in [1.82, 2.24) is 49.0 Å². The quantitative estimate of drug-likeness (QED) is 0.0933. The first-order valence-electron chi connectivity index (χ1n) is 39.7. The van der Waals surface area contributed by atoms with Gasteiger partial charge >= 0.3 is 0 Å². The number of hydrogen-bond donors (Lipinski definition) is 0. The fourth-order valence-corrected chi connectivity index (χ4v) is 16.8. The highest BCUT2D eigenvalue weighted by atomic mass is 15.1. The molecule has 0 aliphatic carbocycles. The minimum atomic E-state index is 0.563. The van der Waals surface area contributed by atoms with Gasteiger partial charge in [0.05, 0.1) is 22.1 Å².